The van der Waals surface area contributed by atoms with Gasteiger partial charge in [0, 0.05) is 23.4 Å². The molecule has 1 N–H and O–H groups in total. The van der Waals surface area contributed by atoms with Crippen LogP contribution >= 0.6 is 0 Å². The Bertz CT molecular complexity index is 983. The van der Waals surface area contributed by atoms with Gasteiger partial charge in [-0.1, -0.05) is 6.92 Å². The predicted molar refractivity (Wildman–Crippen MR) is 81.4 cm³/mol. The molecule has 0 saturated heterocycles. The Morgan fingerprint density at radius 1 is 1.38 bits per heavy atom. The number of hydrogen-bond donors (Lipinski definition) is 1. The molecule has 0 aliphatic rings. The van der Waals surface area contributed by atoms with Crippen molar-refractivity contribution in [1.29, 1.82) is 0 Å². The van der Waals surface area contributed by atoms with E-state index in [-0.39, 0.29) is 28.3 Å². The molecule has 2 aromatic heterocycles. The maximum atomic E-state index is 14.1. The fraction of sp³-hybridized carbons (Fsp3) is 0.133. The molecular formula is C15H11FN4O4. The summed E-state index contributed by atoms with van der Waals surface area (Å²) in [5.41, 5.74) is 0.665. The number of halogens is 1. The standard InChI is InChI=1S/C15H11FN4O4/c1-2-8-6-13(15(21)22)17-14-7-12(18-19(8)14)10-4-3-9(20(23)24)5-11(10)16/h3-7H,2H2,1H3,(H,21,22). The van der Waals surface area contributed by atoms with Crippen LogP contribution in [0, 0.1) is 15.9 Å². The molecule has 0 radical (unpaired) electrons. The fourth-order valence-electron chi connectivity index (χ4n) is 2.36. The highest BCUT2D eigenvalue weighted by atomic mass is 19.1. The van der Waals surface area contributed by atoms with Gasteiger partial charge in [0.1, 0.15) is 5.82 Å². The van der Waals surface area contributed by atoms with Gasteiger partial charge in [-0.05, 0) is 18.6 Å². The highest BCUT2D eigenvalue weighted by molar-refractivity contribution is 5.86. The number of carboxylic acids is 1. The van der Waals surface area contributed by atoms with Gasteiger partial charge < -0.3 is 5.11 Å². The Morgan fingerprint density at radius 2 is 2.12 bits per heavy atom. The average Bonchev–Trinajstić information content (AvgIpc) is 2.97. The van der Waals surface area contributed by atoms with Gasteiger partial charge >= 0.3 is 5.97 Å². The van der Waals surface area contributed by atoms with E-state index >= 15 is 0 Å². The largest absolute Gasteiger partial charge is 0.477 e. The Kier molecular flexibility index (Phi) is 3.68. The second kappa shape index (κ2) is 5.69. The Morgan fingerprint density at radius 3 is 2.71 bits per heavy atom. The molecule has 0 fully saturated rings. The molecule has 9 heteroatoms. The minimum absolute atomic E-state index is 0.0741. The van der Waals surface area contributed by atoms with E-state index in [2.05, 4.69) is 10.1 Å². The maximum absolute atomic E-state index is 14.1. The van der Waals surface area contributed by atoms with Crippen molar-refractivity contribution in [1.82, 2.24) is 14.6 Å². The summed E-state index contributed by atoms with van der Waals surface area (Å²) >= 11 is 0. The molecule has 24 heavy (non-hydrogen) atoms. The second-order valence-electron chi connectivity index (χ2n) is 5.01. The number of nitro groups is 1. The van der Waals surface area contributed by atoms with E-state index in [0.717, 1.165) is 6.07 Å². The number of carbonyl (C=O) groups is 1. The smallest absolute Gasteiger partial charge is 0.354 e. The van der Waals surface area contributed by atoms with E-state index in [0.29, 0.717) is 12.1 Å². The first-order valence-electron chi connectivity index (χ1n) is 6.98. The number of hydrogen-bond acceptors (Lipinski definition) is 5. The number of rotatable bonds is 4. The summed E-state index contributed by atoms with van der Waals surface area (Å²) in [5, 5.41) is 24.0. The molecule has 0 bridgehead atoms. The number of nitrogens with zero attached hydrogens (tertiary/aromatic N) is 4. The minimum atomic E-state index is -1.17. The number of carboxylic acid groups (broad SMARTS) is 1. The second-order valence-corrected chi connectivity index (χ2v) is 5.01. The molecular weight excluding hydrogens is 319 g/mol. The van der Waals surface area contributed by atoms with Crippen LogP contribution in [0.15, 0.2) is 30.3 Å². The zero-order chi connectivity index (χ0) is 17.4. The Hall–Kier alpha value is -3.36. The molecule has 0 amide bonds. The molecule has 3 aromatic rings. The minimum Gasteiger partial charge on any atom is -0.477 e. The van der Waals surface area contributed by atoms with Crippen molar-refractivity contribution < 1.29 is 19.2 Å². The molecule has 0 aliphatic carbocycles. The summed E-state index contributed by atoms with van der Waals surface area (Å²) in [4.78, 5) is 25.1. The quantitative estimate of drug-likeness (QED) is 0.581. The molecule has 1 aromatic carbocycles. The first kappa shape index (κ1) is 15.5. The molecule has 0 aliphatic heterocycles. The SMILES string of the molecule is CCc1cc(C(=O)O)nc2cc(-c3ccc([N+](=O)[O-])cc3F)nn12. The zero-order valence-electron chi connectivity index (χ0n) is 12.4. The lowest BCUT2D eigenvalue weighted by Gasteiger charge is -2.03. The number of aryl methyl sites for hydroxylation is 1. The molecule has 0 spiro atoms. The van der Waals surface area contributed by atoms with Gasteiger partial charge in [0.05, 0.1) is 16.7 Å². The number of aromatic nitrogens is 3. The zero-order valence-corrected chi connectivity index (χ0v) is 12.4. The first-order chi connectivity index (χ1) is 11.4. The van der Waals surface area contributed by atoms with Gasteiger partial charge in [-0.2, -0.15) is 5.10 Å². The lowest BCUT2D eigenvalue weighted by atomic mass is 10.1. The molecule has 0 saturated carbocycles. The van der Waals surface area contributed by atoms with Crippen LogP contribution in [0.5, 0.6) is 0 Å². The number of non-ortho nitro benzene ring substituents is 1. The fourth-order valence-corrected chi connectivity index (χ4v) is 2.36. The van der Waals surface area contributed by atoms with E-state index in [1.807, 2.05) is 6.92 Å². The monoisotopic (exact) mass is 330 g/mol. The lowest BCUT2D eigenvalue weighted by molar-refractivity contribution is -0.385. The molecule has 3 rings (SSSR count). The third-order valence-corrected chi connectivity index (χ3v) is 3.52. The number of fused-ring (bicyclic) bond motifs is 1. The van der Waals surface area contributed by atoms with E-state index in [9.17, 15) is 19.3 Å². The Balaban J connectivity index is 2.18. The topological polar surface area (TPSA) is 111 Å². The van der Waals surface area contributed by atoms with Crippen LogP contribution in [-0.4, -0.2) is 30.6 Å². The van der Waals surface area contributed by atoms with E-state index in [1.165, 1.54) is 28.8 Å². The normalized spacial score (nSPS) is 10.9. The third kappa shape index (κ3) is 2.56. The van der Waals surface area contributed by atoms with Crippen LogP contribution in [-0.2, 0) is 6.42 Å². The van der Waals surface area contributed by atoms with E-state index in [1.54, 1.807) is 0 Å². The van der Waals surface area contributed by atoms with Crippen molar-refractivity contribution in [2.75, 3.05) is 0 Å². The average molecular weight is 330 g/mol. The van der Waals surface area contributed by atoms with Crippen LogP contribution in [0.3, 0.4) is 0 Å². The molecule has 0 unspecified atom stereocenters. The van der Waals surface area contributed by atoms with Crippen LogP contribution in [0.4, 0.5) is 10.1 Å². The third-order valence-electron chi connectivity index (χ3n) is 3.52. The van der Waals surface area contributed by atoms with Crippen LogP contribution in [0.25, 0.3) is 16.9 Å². The van der Waals surface area contributed by atoms with Crippen molar-refractivity contribution in [3.8, 4) is 11.3 Å². The van der Waals surface area contributed by atoms with Gasteiger partial charge in [0.25, 0.3) is 5.69 Å². The number of nitro benzene ring substituents is 1. The summed E-state index contributed by atoms with van der Waals surface area (Å²) in [6, 6.07) is 6.10. The Labute approximate surface area is 134 Å². The molecule has 122 valence electrons. The lowest BCUT2D eigenvalue weighted by Crippen LogP contribution is -2.06. The van der Waals surface area contributed by atoms with Crippen LogP contribution in [0.2, 0.25) is 0 Å². The number of benzene rings is 1. The van der Waals surface area contributed by atoms with Crippen LogP contribution < -0.4 is 0 Å². The van der Waals surface area contributed by atoms with Gasteiger partial charge in [-0.15, -0.1) is 0 Å². The molecule has 0 atom stereocenters. The summed E-state index contributed by atoms with van der Waals surface area (Å²) in [7, 11) is 0. The van der Waals surface area contributed by atoms with Gasteiger partial charge in [-0.3, -0.25) is 10.1 Å². The van der Waals surface area contributed by atoms with E-state index < -0.39 is 16.7 Å². The van der Waals surface area contributed by atoms with Crippen molar-refractivity contribution in [3.05, 3.63) is 57.7 Å². The van der Waals surface area contributed by atoms with Gasteiger partial charge in [-0.25, -0.2) is 18.7 Å². The van der Waals surface area contributed by atoms with Gasteiger partial charge in [0.2, 0.25) is 0 Å². The van der Waals surface area contributed by atoms with Crippen molar-refractivity contribution in [2.24, 2.45) is 0 Å². The first-order valence-corrected chi connectivity index (χ1v) is 6.98. The molecule has 2 heterocycles. The van der Waals surface area contributed by atoms with E-state index in [4.69, 9.17) is 5.11 Å². The van der Waals surface area contributed by atoms with Crippen molar-refractivity contribution in [2.45, 2.75) is 13.3 Å². The summed E-state index contributed by atoms with van der Waals surface area (Å²) in [6.07, 6.45) is 0.503. The summed E-state index contributed by atoms with van der Waals surface area (Å²) in [6.45, 7) is 1.83. The maximum Gasteiger partial charge on any atom is 0.354 e. The summed E-state index contributed by atoms with van der Waals surface area (Å²) in [5.74, 6) is -1.96. The predicted octanol–water partition coefficient (Wildman–Crippen LogP) is 2.70. The highest BCUT2D eigenvalue weighted by Crippen LogP contribution is 2.26. The molecule has 8 nitrogen and oxygen atoms in total. The van der Waals surface area contributed by atoms with Gasteiger partial charge in [0.15, 0.2) is 11.3 Å². The highest BCUT2D eigenvalue weighted by Gasteiger charge is 2.17. The van der Waals surface area contributed by atoms with Crippen molar-refractivity contribution >= 4 is 17.3 Å². The van der Waals surface area contributed by atoms with Crippen molar-refractivity contribution in [3.63, 3.8) is 0 Å². The summed E-state index contributed by atoms with van der Waals surface area (Å²) < 4.78 is 15.6. The number of aromatic carboxylic acids is 1. The van der Waals surface area contributed by atoms with Crippen LogP contribution in [0.1, 0.15) is 23.1 Å².